The molecule has 4 rings (SSSR count). The zero-order chi connectivity index (χ0) is 19.7. The Labute approximate surface area is 183 Å². The van der Waals surface area contributed by atoms with Gasteiger partial charge in [-0.3, -0.25) is 4.79 Å². The molecule has 4 nitrogen and oxygen atoms in total. The summed E-state index contributed by atoms with van der Waals surface area (Å²) in [5.41, 5.74) is 1.56. The highest BCUT2D eigenvalue weighted by Crippen LogP contribution is 2.32. The van der Waals surface area contributed by atoms with E-state index in [1.165, 1.54) is 11.8 Å². The Morgan fingerprint density at radius 2 is 1.82 bits per heavy atom. The number of benzene rings is 2. The standard InChI is InChI=1S/C20H11BrCl2N2O2S/c21-12-2-4-13(5-3-12)24-20-25-19(26)18(28-20)10-14-6-8-17(27-14)11-1-7-15(22)16(23)9-11/h1-10H,(H,24,25,26)/b18-10-. The molecule has 28 heavy (non-hydrogen) atoms. The number of nitrogens with zero attached hydrogens (tertiary/aromatic N) is 1. The highest BCUT2D eigenvalue weighted by Gasteiger charge is 2.24. The molecular weight excluding hydrogens is 483 g/mol. The van der Waals surface area contributed by atoms with Crippen molar-refractivity contribution in [3.63, 3.8) is 0 Å². The zero-order valence-electron chi connectivity index (χ0n) is 14.1. The molecule has 0 atom stereocenters. The summed E-state index contributed by atoms with van der Waals surface area (Å²) in [4.78, 5) is 17.2. The van der Waals surface area contributed by atoms with Crippen molar-refractivity contribution in [1.82, 2.24) is 5.32 Å². The predicted octanol–water partition coefficient (Wildman–Crippen LogP) is 6.91. The van der Waals surface area contributed by atoms with Crippen LogP contribution in [0.1, 0.15) is 5.76 Å². The minimum absolute atomic E-state index is 0.214. The first-order valence-corrected chi connectivity index (χ1v) is 10.4. The number of furan rings is 1. The van der Waals surface area contributed by atoms with Crippen molar-refractivity contribution in [1.29, 1.82) is 0 Å². The van der Waals surface area contributed by atoms with Gasteiger partial charge in [0.25, 0.3) is 5.91 Å². The van der Waals surface area contributed by atoms with Crippen LogP contribution in [0.2, 0.25) is 10.0 Å². The van der Waals surface area contributed by atoms with Gasteiger partial charge in [-0.1, -0.05) is 39.1 Å². The number of aliphatic imine (C=N–C) groups is 1. The molecule has 0 bridgehead atoms. The predicted molar refractivity (Wildman–Crippen MR) is 119 cm³/mol. The zero-order valence-corrected chi connectivity index (χ0v) is 18.0. The van der Waals surface area contributed by atoms with Gasteiger partial charge >= 0.3 is 0 Å². The lowest BCUT2D eigenvalue weighted by atomic mass is 10.2. The number of rotatable bonds is 3. The molecule has 1 fully saturated rings. The summed E-state index contributed by atoms with van der Waals surface area (Å²) in [5.74, 6) is 0.981. The van der Waals surface area contributed by atoms with Crippen LogP contribution in [0.25, 0.3) is 17.4 Å². The van der Waals surface area contributed by atoms with Crippen LogP contribution in [0, 0.1) is 0 Å². The van der Waals surface area contributed by atoms with Gasteiger partial charge in [0.05, 0.1) is 20.6 Å². The van der Waals surface area contributed by atoms with Gasteiger partial charge in [0.1, 0.15) is 11.5 Å². The fourth-order valence-electron chi connectivity index (χ4n) is 2.48. The highest BCUT2D eigenvalue weighted by atomic mass is 79.9. The number of carbonyl (C=O) groups is 1. The summed E-state index contributed by atoms with van der Waals surface area (Å²) in [7, 11) is 0. The Bertz CT molecular complexity index is 1120. The van der Waals surface area contributed by atoms with Crippen molar-refractivity contribution in [2.45, 2.75) is 0 Å². The Hall–Kier alpha value is -1.99. The third-order valence-electron chi connectivity index (χ3n) is 3.81. The van der Waals surface area contributed by atoms with E-state index in [-0.39, 0.29) is 5.91 Å². The topological polar surface area (TPSA) is 54.6 Å². The maximum atomic E-state index is 12.2. The largest absolute Gasteiger partial charge is 0.457 e. The van der Waals surface area contributed by atoms with E-state index in [0.29, 0.717) is 31.6 Å². The fourth-order valence-corrected chi connectivity index (χ4v) is 3.86. The van der Waals surface area contributed by atoms with Gasteiger partial charge in [-0.05, 0) is 66.4 Å². The lowest BCUT2D eigenvalue weighted by molar-refractivity contribution is -0.115. The van der Waals surface area contributed by atoms with Crippen LogP contribution in [0.5, 0.6) is 0 Å². The molecule has 8 heteroatoms. The van der Waals surface area contributed by atoms with E-state index < -0.39 is 0 Å². The van der Waals surface area contributed by atoms with Crippen LogP contribution < -0.4 is 5.32 Å². The Morgan fingerprint density at radius 3 is 2.57 bits per heavy atom. The summed E-state index contributed by atoms with van der Waals surface area (Å²) in [5, 5.41) is 4.22. The number of carbonyl (C=O) groups excluding carboxylic acids is 1. The molecule has 0 unspecified atom stereocenters. The number of amides is 1. The van der Waals surface area contributed by atoms with E-state index in [1.54, 1.807) is 24.3 Å². The SMILES string of the molecule is O=C1NC(=Nc2ccc(Br)cc2)S/C1=C\c1ccc(-c2ccc(Cl)c(Cl)c2)o1. The molecule has 0 aliphatic carbocycles. The van der Waals surface area contributed by atoms with Gasteiger partial charge < -0.3 is 9.73 Å². The second-order valence-corrected chi connectivity index (χ2v) is 8.55. The molecule has 0 spiro atoms. The summed E-state index contributed by atoms with van der Waals surface area (Å²) in [6.07, 6.45) is 1.69. The van der Waals surface area contributed by atoms with Gasteiger partial charge in [-0.15, -0.1) is 0 Å². The third-order valence-corrected chi connectivity index (χ3v) is 5.99. The van der Waals surface area contributed by atoms with E-state index in [4.69, 9.17) is 27.6 Å². The Kier molecular flexibility index (Phi) is 5.64. The van der Waals surface area contributed by atoms with Crippen molar-refractivity contribution in [3.8, 4) is 11.3 Å². The molecule has 1 aliphatic heterocycles. The molecular formula is C20H11BrCl2N2O2S. The van der Waals surface area contributed by atoms with Gasteiger partial charge in [0.15, 0.2) is 5.17 Å². The molecule has 1 aliphatic rings. The molecule has 0 radical (unpaired) electrons. The molecule has 140 valence electrons. The monoisotopic (exact) mass is 492 g/mol. The molecule has 1 amide bonds. The van der Waals surface area contributed by atoms with E-state index in [0.717, 1.165) is 15.7 Å². The minimum atomic E-state index is -0.214. The van der Waals surface area contributed by atoms with Crippen LogP contribution in [0.15, 0.2) is 73.4 Å². The van der Waals surface area contributed by atoms with E-state index in [1.807, 2.05) is 36.4 Å². The number of amidine groups is 1. The molecule has 0 saturated carbocycles. The van der Waals surface area contributed by atoms with Crippen molar-refractivity contribution in [2.24, 2.45) is 4.99 Å². The van der Waals surface area contributed by atoms with E-state index in [2.05, 4.69) is 26.2 Å². The number of hydrogen-bond acceptors (Lipinski definition) is 4. The van der Waals surface area contributed by atoms with Crippen molar-refractivity contribution in [3.05, 3.63) is 79.8 Å². The summed E-state index contributed by atoms with van der Waals surface area (Å²) < 4.78 is 6.79. The summed E-state index contributed by atoms with van der Waals surface area (Å²) in [6.45, 7) is 0. The maximum absolute atomic E-state index is 12.2. The first-order valence-electron chi connectivity index (χ1n) is 8.08. The fraction of sp³-hybridized carbons (Fsp3) is 0. The van der Waals surface area contributed by atoms with E-state index >= 15 is 0 Å². The van der Waals surface area contributed by atoms with Gasteiger partial charge in [-0.2, -0.15) is 0 Å². The lowest BCUT2D eigenvalue weighted by Crippen LogP contribution is -2.19. The van der Waals surface area contributed by atoms with Crippen molar-refractivity contribution < 1.29 is 9.21 Å². The normalized spacial score (nSPS) is 16.8. The van der Waals surface area contributed by atoms with Crippen LogP contribution in [0.4, 0.5) is 5.69 Å². The maximum Gasteiger partial charge on any atom is 0.264 e. The highest BCUT2D eigenvalue weighted by molar-refractivity contribution is 9.10. The van der Waals surface area contributed by atoms with Crippen LogP contribution in [-0.4, -0.2) is 11.1 Å². The Balaban J connectivity index is 1.54. The lowest BCUT2D eigenvalue weighted by Gasteiger charge is -1.99. The quantitative estimate of drug-likeness (QED) is 0.403. The van der Waals surface area contributed by atoms with Crippen LogP contribution in [0.3, 0.4) is 0 Å². The Morgan fingerprint density at radius 1 is 1.04 bits per heavy atom. The second kappa shape index (κ2) is 8.17. The minimum Gasteiger partial charge on any atom is -0.457 e. The number of thioether (sulfide) groups is 1. The van der Waals surface area contributed by atoms with E-state index in [9.17, 15) is 4.79 Å². The first kappa shape index (κ1) is 19.3. The number of nitrogens with one attached hydrogen (secondary N) is 1. The smallest absolute Gasteiger partial charge is 0.264 e. The third kappa shape index (κ3) is 4.36. The van der Waals surface area contributed by atoms with Crippen LogP contribution in [-0.2, 0) is 4.79 Å². The van der Waals surface area contributed by atoms with Gasteiger partial charge in [0, 0.05) is 16.1 Å². The first-order chi connectivity index (χ1) is 13.5. The number of hydrogen-bond donors (Lipinski definition) is 1. The average Bonchev–Trinajstić information content (AvgIpc) is 3.27. The van der Waals surface area contributed by atoms with Crippen molar-refractivity contribution >= 4 is 73.7 Å². The molecule has 1 N–H and O–H groups in total. The summed E-state index contributed by atoms with van der Waals surface area (Å²) in [6, 6.07) is 16.4. The molecule has 2 heterocycles. The molecule has 1 aromatic heterocycles. The van der Waals surface area contributed by atoms with Gasteiger partial charge in [-0.25, -0.2) is 4.99 Å². The number of halogens is 3. The average molecular weight is 494 g/mol. The van der Waals surface area contributed by atoms with Gasteiger partial charge in [0.2, 0.25) is 0 Å². The molecule has 2 aromatic carbocycles. The van der Waals surface area contributed by atoms with Crippen molar-refractivity contribution in [2.75, 3.05) is 0 Å². The molecule has 1 saturated heterocycles. The molecule has 3 aromatic rings. The van der Waals surface area contributed by atoms with Crippen LogP contribution >= 0.6 is 50.9 Å². The second-order valence-electron chi connectivity index (χ2n) is 5.79. The summed E-state index contributed by atoms with van der Waals surface area (Å²) >= 11 is 16.7.